The Kier molecular flexibility index (Phi) is 6.85. The van der Waals surface area contributed by atoms with Crippen LogP contribution < -0.4 is 10.6 Å². The Morgan fingerprint density at radius 2 is 2.00 bits per heavy atom. The zero-order chi connectivity index (χ0) is 20.0. The van der Waals surface area contributed by atoms with E-state index in [1.807, 2.05) is 0 Å². The summed E-state index contributed by atoms with van der Waals surface area (Å²) in [7, 11) is 4.21. The van der Waals surface area contributed by atoms with E-state index in [9.17, 15) is 9.59 Å². The largest absolute Gasteiger partial charge is 0.459 e. The van der Waals surface area contributed by atoms with Crippen LogP contribution in [-0.2, 0) is 11.2 Å². The number of nitrogens with one attached hydrogen (secondary N) is 2. The number of nitrogens with zero attached hydrogens (tertiary/aromatic N) is 2. The minimum absolute atomic E-state index is 0.0381. The number of thiazole rings is 1. The van der Waals surface area contributed by atoms with E-state index in [1.165, 1.54) is 43.3 Å². The number of amides is 2. The fourth-order valence-corrected chi connectivity index (χ4v) is 4.38. The Labute approximate surface area is 169 Å². The lowest BCUT2D eigenvalue weighted by Gasteiger charge is -2.39. The molecule has 0 bridgehead atoms. The van der Waals surface area contributed by atoms with Crippen LogP contribution in [0, 0.1) is 0 Å². The van der Waals surface area contributed by atoms with Crippen LogP contribution >= 0.6 is 11.3 Å². The summed E-state index contributed by atoms with van der Waals surface area (Å²) in [6, 6.07) is 3.24. The lowest BCUT2D eigenvalue weighted by molar-refractivity contribution is -0.121. The normalized spacial score (nSPS) is 16.5. The Morgan fingerprint density at radius 1 is 1.25 bits per heavy atom. The molecule has 1 aliphatic carbocycles. The highest BCUT2D eigenvalue weighted by Gasteiger charge is 2.33. The fraction of sp³-hybridized carbons (Fsp3) is 0.550. The average Bonchev–Trinajstić information content (AvgIpc) is 3.28. The number of likely N-dealkylation sites (N-methyl/N-ethyl adjacent to an activating group) is 1. The summed E-state index contributed by atoms with van der Waals surface area (Å²) in [4.78, 5) is 31.0. The molecule has 7 nitrogen and oxygen atoms in total. The van der Waals surface area contributed by atoms with E-state index in [2.05, 4.69) is 34.6 Å². The van der Waals surface area contributed by atoms with Crippen LogP contribution in [0.1, 0.15) is 54.8 Å². The molecule has 2 amide bonds. The highest BCUT2D eigenvalue weighted by Crippen LogP contribution is 2.30. The molecule has 2 aromatic heterocycles. The van der Waals surface area contributed by atoms with Gasteiger partial charge in [-0.25, -0.2) is 4.98 Å². The molecule has 0 unspecified atom stereocenters. The summed E-state index contributed by atoms with van der Waals surface area (Å²) in [5.74, 6) is -0.164. The van der Waals surface area contributed by atoms with Crippen LogP contribution in [0.4, 0.5) is 5.13 Å². The van der Waals surface area contributed by atoms with Crippen molar-refractivity contribution in [3.63, 3.8) is 0 Å². The summed E-state index contributed by atoms with van der Waals surface area (Å²) >= 11 is 1.30. The molecule has 0 aliphatic heterocycles. The topological polar surface area (TPSA) is 87.5 Å². The van der Waals surface area contributed by atoms with Crippen molar-refractivity contribution in [2.45, 2.75) is 50.5 Å². The van der Waals surface area contributed by atoms with Crippen LogP contribution in [0.15, 0.2) is 28.2 Å². The molecule has 1 fully saturated rings. The number of carbonyl (C=O) groups is 2. The van der Waals surface area contributed by atoms with Gasteiger partial charge in [0.05, 0.1) is 18.4 Å². The van der Waals surface area contributed by atoms with Crippen molar-refractivity contribution in [3.05, 3.63) is 35.2 Å². The smallest absolute Gasteiger partial charge is 0.293 e. The molecule has 28 heavy (non-hydrogen) atoms. The standard InChI is InChI=1S/C20H28N4O3S/c1-24(2)20(9-5-3-4-6-10-20)14-21-17(25)12-15-13-28-19(22-15)23-18(26)16-8-7-11-27-16/h7-8,11,13H,3-6,9-10,12,14H2,1-2H3,(H,21,25)(H,22,23,26). The predicted octanol–water partition coefficient (Wildman–Crippen LogP) is 3.30. The van der Waals surface area contributed by atoms with Crippen molar-refractivity contribution < 1.29 is 14.0 Å². The third kappa shape index (κ3) is 5.20. The minimum atomic E-state index is -0.350. The second-order valence-electron chi connectivity index (χ2n) is 7.56. The number of hydrogen-bond donors (Lipinski definition) is 2. The molecule has 0 radical (unpaired) electrons. The van der Waals surface area contributed by atoms with Gasteiger partial charge in [0.15, 0.2) is 10.9 Å². The molecule has 0 aromatic carbocycles. The van der Waals surface area contributed by atoms with Gasteiger partial charge in [-0.2, -0.15) is 0 Å². The molecule has 2 heterocycles. The number of aromatic nitrogens is 1. The fourth-order valence-electron chi connectivity index (χ4n) is 3.67. The molecule has 2 N–H and O–H groups in total. The lowest BCUT2D eigenvalue weighted by atomic mass is 9.88. The second-order valence-corrected chi connectivity index (χ2v) is 8.42. The van der Waals surface area contributed by atoms with Gasteiger partial charge < -0.3 is 14.6 Å². The van der Waals surface area contributed by atoms with E-state index in [4.69, 9.17) is 4.42 Å². The minimum Gasteiger partial charge on any atom is -0.459 e. The van der Waals surface area contributed by atoms with E-state index >= 15 is 0 Å². The van der Waals surface area contributed by atoms with E-state index in [1.54, 1.807) is 17.5 Å². The third-order valence-corrected chi connectivity index (χ3v) is 6.26. The van der Waals surface area contributed by atoms with Crippen molar-refractivity contribution >= 4 is 28.3 Å². The van der Waals surface area contributed by atoms with E-state index in [0.717, 1.165) is 12.8 Å². The zero-order valence-corrected chi connectivity index (χ0v) is 17.3. The van der Waals surface area contributed by atoms with Gasteiger partial charge in [0.2, 0.25) is 5.91 Å². The van der Waals surface area contributed by atoms with Crippen LogP contribution in [0.2, 0.25) is 0 Å². The average molecular weight is 405 g/mol. The number of anilines is 1. The molecule has 3 rings (SSSR count). The van der Waals surface area contributed by atoms with E-state index < -0.39 is 0 Å². The van der Waals surface area contributed by atoms with Gasteiger partial charge in [0.1, 0.15) is 0 Å². The Morgan fingerprint density at radius 3 is 2.64 bits per heavy atom. The van der Waals surface area contributed by atoms with E-state index in [-0.39, 0.29) is 29.5 Å². The van der Waals surface area contributed by atoms with E-state index in [0.29, 0.717) is 17.4 Å². The van der Waals surface area contributed by atoms with Crippen LogP contribution in [-0.4, -0.2) is 47.9 Å². The summed E-state index contributed by atoms with van der Waals surface area (Å²) in [5.41, 5.74) is 0.688. The highest BCUT2D eigenvalue weighted by molar-refractivity contribution is 7.14. The summed E-state index contributed by atoms with van der Waals surface area (Å²) in [6.45, 7) is 0.658. The molecule has 0 atom stereocenters. The SMILES string of the molecule is CN(C)C1(CNC(=O)Cc2csc(NC(=O)c3ccco3)n2)CCCCCC1. The molecule has 1 aliphatic rings. The van der Waals surface area contributed by atoms with Gasteiger partial charge in [-0.3, -0.25) is 14.9 Å². The number of hydrogen-bond acceptors (Lipinski definition) is 6. The Bertz CT molecular complexity index is 777. The van der Waals surface area contributed by atoms with Gasteiger partial charge in [0, 0.05) is 17.5 Å². The van der Waals surface area contributed by atoms with Crippen LogP contribution in [0.25, 0.3) is 0 Å². The molecule has 2 aromatic rings. The summed E-state index contributed by atoms with van der Waals surface area (Å²) in [5, 5.41) is 8.04. The zero-order valence-electron chi connectivity index (χ0n) is 16.5. The monoisotopic (exact) mass is 404 g/mol. The van der Waals surface area contributed by atoms with Crippen LogP contribution in [0.3, 0.4) is 0 Å². The van der Waals surface area contributed by atoms with Crippen molar-refractivity contribution in [1.29, 1.82) is 0 Å². The van der Waals surface area contributed by atoms with Gasteiger partial charge in [-0.1, -0.05) is 25.7 Å². The first kappa shape index (κ1) is 20.5. The first-order valence-corrected chi connectivity index (χ1v) is 10.6. The molecule has 0 saturated heterocycles. The molecule has 8 heteroatoms. The molecular formula is C20H28N4O3S. The maximum Gasteiger partial charge on any atom is 0.293 e. The van der Waals surface area contributed by atoms with Gasteiger partial charge in [-0.05, 0) is 39.1 Å². The number of rotatable bonds is 7. The second kappa shape index (κ2) is 9.34. The van der Waals surface area contributed by atoms with Crippen molar-refractivity contribution in [2.24, 2.45) is 0 Å². The van der Waals surface area contributed by atoms with Crippen molar-refractivity contribution in [1.82, 2.24) is 15.2 Å². The third-order valence-electron chi connectivity index (χ3n) is 5.46. The van der Waals surface area contributed by atoms with Gasteiger partial charge >= 0.3 is 0 Å². The molecule has 1 saturated carbocycles. The molecule has 152 valence electrons. The predicted molar refractivity (Wildman–Crippen MR) is 110 cm³/mol. The van der Waals surface area contributed by atoms with Crippen molar-refractivity contribution in [2.75, 3.05) is 26.0 Å². The summed E-state index contributed by atoms with van der Waals surface area (Å²) in [6.07, 6.45) is 8.83. The Balaban J connectivity index is 1.52. The Hall–Kier alpha value is -2.19. The number of carbonyl (C=O) groups excluding carboxylic acids is 2. The first-order chi connectivity index (χ1) is 13.5. The number of furan rings is 1. The highest BCUT2D eigenvalue weighted by atomic mass is 32.1. The maximum atomic E-state index is 12.5. The molecular weight excluding hydrogens is 376 g/mol. The molecule has 0 spiro atoms. The summed E-state index contributed by atoms with van der Waals surface area (Å²) < 4.78 is 5.06. The first-order valence-electron chi connectivity index (χ1n) is 9.72. The van der Waals surface area contributed by atoms with Crippen LogP contribution in [0.5, 0.6) is 0 Å². The quantitative estimate of drug-likeness (QED) is 0.692. The lowest BCUT2D eigenvalue weighted by Crippen LogP contribution is -2.52. The van der Waals surface area contributed by atoms with Gasteiger partial charge in [-0.15, -0.1) is 11.3 Å². The van der Waals surface area contributed by atoms with Crippen molar-refractivity contribution in [3.8, 4) is 0 Å². The maximum absolute atomic E-state index is 12.5. The van der Waals surface area contributed by atoms with Gasteiger partial charge in [0.25, 0.3) is 5.91 Å².